The summed E-state index contributed by atoms with van der Waals surface area (Å²) in [6.07, 6.45) is -0.229. The van der Waals surface area contributed by atoms with Crippen molar-refractivity contribution in [1.82, 2.24) is 5.32 Å². The zero-order chi connectivity index (χ0) is 18.4. The lowest BCUT2D eigenvalue weighted by atomic mass is 9.87. The van der Waals surface area contributed by atoms with Gasteiger partial charge in [0.2, 0.25) is 5.91 Å². The molecule has 0 spiro atoms. The zero-order valence-corrected chi connectivity index (χ0v) is 14.7. The van der Waals surface area contributed by atoms with Gasteiger partial charge in [-0.15, -0.1) is 0 Å². The number of benzene rings is 2. The first-order valence-corrected chi connectivity index (χ1v) is 8.09. The number of methoxy groups -OCH3 is 1. The average Bonchev–Trinajstić information content (AvgIpc) is 2.61. The van der Waals surface area contributed by atoms with E-state index in [0.29, 0.717) is 11.3 Å². The van der Waals surface area contributed by atoms with E-state index >= 15 is 0 Å². The van der Waals surface area contributed by atoms with Gasteiger partial charge in [0.05, 0.1) is 25.0 Å². The van der Waals surface area contributed by atoms with Crippen LogP contribution in [0.25, 0.3) is 0 Å². The van der Waals surface area contributed by atoms with Gasteiger partial charge in [-0.1, -0.05) is 42.5 Å². The minimum atomic E-state index is -1.04. The molecule has 2 unspecified atom stereocenters. The van der Waals surface area contributed by atoms with E-state index in [9.17, 15) is 14.7 Å². The molecule has 0 saturated carbocycles. The largest absolute Gasteiger partial charge is 0.497 e. The first kappa shape index (κ1) is 18.5. The normalized spacial score (nSPS) is 14.2. The van der Waals surface area contributed by atoms with Crippen LogP contribution in [0.5, 0.6) is 5.75 Å². The molecule has 2 N–H and O–H groups in total. The molecular formula is C20H23NO4. The summed E-state index contributed by atoms with van der Waals surface area (Å²) >= 11 is 0. The molecule has 2 rings (SSSR count). The van der Waals surface area contributed by atoms with Gasteiger partial charge >= 0.3 is 5.97 Å². The topological polar surface area (TPSA) is 75.6 Å². The van der Waals surface area contributed by atoms with Crippen LogP contribution in [0.3, 0.4) is 0 Å². The molecule has 132 valence electrons. The summed E-state index contributed by atoms with van der Waals surface area (Å²) in [7, 11) is 1.55. The maximum atomic E-state index is 12.7. The summed E-state index contributed by atoms with van der Waals surface area (Å²) in [5, 5.41) is 12.2. The van der Waals surface area contributed by atoms with Crippen molar-refractivity contribution in [2.75, 3.05) is 7.11 Å². The van der Waals surface area contributed by atoms with Crippen LogP contribution in [0, 0.1) is 0 Å². The van der Waals surface area contributed by atoms with E-state index in [-0.39, 0.29) is 18.2 Å². The molecule has 0 fully saturated rings. The Balaban J connectivity index is 2.30. The van der Waals surface area contributed by atoms with Crippen LogP contribution in [0.2, 0.25) is 0 Å². The second kappa shape index (κ2) is 7.83. The fourth-order valence-electron chi connectivity index (χ4n) is 2.76. The van der Waals surface area contributed by atoms with Gasteiger partial charge in [0.1, 0.15) is 5.75 Å². The van der Waals surface area contributed by atoms with Gasteiger partial charge in [-0.2, -0.15) is 0 Å². The second-order valence-corrected chi connectivity index (χ2v) is 6.26. The predicted molar refractivity (Wildman–Crippen MR) is 95.6 cm³/mol. The van der Waals surface area contributed by atoms with Gasteiger partial charge in [-0.3, -0.25) is 9.59 Å². The Morgan fingerprint density at radius 3 is 2.44 bits per heavy atom. The third-order valence-electron chi connectivity index (χ3n) is 4.30. The van der Waals surface area contributed by atoms with E-state index in [1.807, 2.05) is 30.3 Å². The Labute approximate surface area is 147 Å². The second-order valence-electron chi connectivity index (χ2n) is 6.26. The quantitative estimate of drug-likeness (QED) is 0.810. The summed E-state index contributed by atoms with van der Waals surface area (Å²) in [5.41, 5.74) is 0.520. The number of carboxylic acids is 1. The van der Waals surface area contributed by atoms with Crippen molar-refractivity contribution in [3.63, 3.8) is 0 Å². The Kier molecular flexibility index (Phi) is 5.80. The molecular weight excluding hydrogens is 318 g/mol. The van der Waals surface area contributed by atoms with Crippen LogP contribution in [-0.4, -0.2) is 24.1 Å². The van der Waals surface area contributed by atoms with E-state index in [2.05, 4.69) is 5.32 Å². The SMILES string of the molecule is COc1cccc(C(C)(CC(=O)O)NC(=O)C(C)c2ccccc2)c1. The lowest BCUT2D eigenvalue weighted by Crippen LogP contribution is -2.46. The maximum absolute atomic E-state index is 12.7. The smallest absolute Gasteiger partial charge is 0.306 e. The van der Waals surface area contributed by atoms with Crippen molar-refractivity contribution in [3.05, 3.63) is 65.7 Å². The molecule has 0 aliphatic heterocycles. The number of rotatable bonds is 7. The molecule has 0 radical (unpaired) electrons. The number of hydrogen-bond acceptors (Lipinski definition) is 3. The molecule has 0 aromatic heterocycles. The maximum Gasteiger partial charge on any atom is 0.306 e. The van der Waals surface area contributed by atoms with Crippen LogP contribution >= 0.6 is 0 Å². The summed E-state index contributed by atoms with van der Waals surface area (Å²) in [6.45, 7) is 3.52. The van der Waals surface area contributed by atoms with Crippen molar-refractivity contribution in [2.24, 2.45) is 0 Å². The molecule has 2 atom stereocenters. The number of carbonyl (C=O) groups excluding carboxylic acids is 1. The Morgan fingerprint density at radius 1 is 1.16 bits per heavy atom. The summed E-state index contributed by atoms with van der Waals surface area (Å²) in [5.74, 6) is -0.991. The van der Waals surface area contributed by atoms with Gasteiger partial charge in [-0.25, -0.2) is 0 Å². The van der Waals surface area contributed by atoms with Crippen molar-refractivity contribution < 1.29 is 19.4 Å². The monoisotopic (exact) mass is 341 g/mol. The van der Waals surface area contributed by atoms with Crippen molar-refractivity contribution in [3.8, 4) is 5.75 Å². The van der Waals surface area contributed by atoms with Gasteiger partial charge < -0.3 is 15.2 Å². The number of carboxylic acid groups (broad SMARTS) is 1. The van der Waals surface area contributed by atoms with Gasteiger partial charge in [0, 0.05) is 0 Å². The fraction of sp³-hybridized carbons (Fsp3) is 0.300. The molecule has 5 nitrogen and oxygen atoms in total. The van der Waals surface area contributed by atoms with Gasteiger partial charge in [-0.05, 0) is 37.1 Å². The lowest BCUT2D eigenvalue weighted by Gasteiger charge is -2.31. The van der Waals surface area contributed by atoms with E-state index in [1.54, 1.807) is 45.2 Å². The Bertz CT molecular complexity index is 744. The van der Waals surface area contributed by atoms with Crippen molar-refractivity contribution in [2.45, 2.75) is 31.7 Å². The molecule has 2 aromatic rings. The summed E-state index contributed by atoms with van der Waals surface area (Å²) in [4.78, 5) is 24.1. The number of hydrogen-bond donors (Lipinski definition) is 2. The number of aliphatic carboxylic acids is 1. The molecule has 0 aliphatic carbocycles. The molecule has 0 aliphatic rings. The highest BCUT2D eigenvalue weighted by atomic mass is 16.5. The van der Waals surface area contributed by atoms with E-state index in [0.717, 1.165) is 5.56 Å². The van der Waals surface area contributed by atoms with Crippen LogP contribution in [-0.2, 0) is 15.1 Å². The highest BCUT2D eigenvalue weighted by Crippen LogP contribution is 2.29. The van der Waals surface area contributed by atoms with Crippen LogP contribution in [0.15, 0.2) is 54.6 Å². The average molecular weight is 341 g/mol. The molecule has 0 heterocycles. The van der Waals surface area contributed by atoms with E-state index < -0.39 is 11.5 Å². The van der Waals surface area contributed by atoms with Crippen LogP contribution in [0.1, 0.15) is 37.3 Å². The molecule has 1 amide bonds. The first-order valence-electron chi connectivity index (χ1n) is 8.09. The standard InChI is InChI=1S/C20H23NO4/c1-14(15-8-5-4-6-9-15)19(24)21-20(2,13-18(22)23)16-10-7-11-17(12-16)25-3/h4-12,14H,13H2,1-3H3,(H,21,24)(H,22,23). The third-order valence-corrected chi connectivity index (χ3v) is 4.30. The summed E-state index contributed by atoms with van der Waals surface area (Å²) in [6, 6.07) is 16.5. The molecule has 0 bridgehead atoms. The Morgan fingerprint density at radius 2 is 1.84 bits per heavy atom. The van der Waals surface area contributed by atoms with Crippen LogP contribution < -0.4 is 10.1 Å². The van der Waals surface area contributed by atoms with E-state index in [4.69, 9.17) is 4.74 Å². The minimum Gasteiger partial charge on any atom is -0.497 e. The van der Waals surface area contributed by atoms with Gasteiger partial charge in [0.15, 0.2) is 0 Å². The van der Waals surface area contributed by atoms with Gasteiger partial charge in [0.25, 0.3) is 0 Å². The van der Waals surface area contributed by atoms with Crippen LogP contribution in [0.4, 0.5) is 0 Å². The van der Waals surface area contributed by atoms with Crippen molar-refractivity contribution >= 4 is 11.9 Å². The summed E-state index contributed by atoms with van der Waals surface area (Å²) < 4.78 is 5.22. The number of amides is 1. The third kappa shape index (κ3) is 4.59. The Hall–Kier alpha value is -2.82. The molecule has 5 heteroatoms. The minimum absolute atomic E-state index is 0.224. The highest BCUT2D eigenvalue weighted by molar-refractivity contribution is 5.84. The number of ether oxygens (including phenoxy) is 1. The predicted octanol–water partition coefficient (Wildman–Crippen LogP) is 3.31. The lowest BCUT2D eigenvalue weighted by molar-refractivity contribution is -0.139. The van der Waals surface area contributed by atoms with E-state index in [1.165, 1.54) is 0 Å². The molecule has 25 heavy (non-hydrogen) atoms. The van der Waals surface area contributed by atoms with Crippen molar-refractivity contribution in [1.29, 1.82) is 0 Å². The highest BCUT2D eigenvalue weighted by Gasteiger charge is 2.33. The zero-order valence-electron chi connectivity index (χ0n) is 14.7. The fourth-order valence-corrected chi connectivity index (χ4v) is 2.76. The number of nitrogens with one attached hydrogen (secondary N) is 1. The number of carbonyl (C=O) groups is 2. The first-order chi connectivity index (χ1) is 11.9. The molecule has 0 saturated heterocycles. The molecule has 2 aromatic carbocycles.